The number of anilines is 1. The maximum atomic E-state index is 13.1. The number of nitrogens with zero attached hydrogens (tertiary/aromatic N) is 2. The maximum absolute atomic E-state index is 13.1. The first-order valence-corrected chi connectivity index (χ1v) is 8.84. The van der Waals surface area contributed by atoms with Crippen molar-refractivity contribution in [2.75, 3.05) is 32.2 Å². The molecule has 6 heteroatoms. The van der Waals surface area contributed by atoms with Gasteiger partial charge in [0.1, 0.15) is 18.0 Å². The van der Waals surface area contributed by atoms with Crippen LogP contribution >= 0.6 is 0 Å². The lowest BCUT2D eigenvalue weighted by Gasteiger charge is -2.39. The standard InChI is InChI=1S/C21H24N2O4/c1-14-5-7-16(8-6-14)23-12-15(2)22(13-20(23)24)21(25)18-10-9-17(26-3)11-19(18)27-4/h5-11,15H,12-13H2,1-4H3/t15-/m0/s1. The summed E-state index contributed by atoms with van der Waals surface area (Å²) < 4.78 is 10.5. The molecule has 1 aliphatic rings. The molecule has 2 amide bonds. The molecule has 0 saturated carbocycles. The lowest BCUT2D eigenvalue weighted by Crippen LogP contribution is -2.57. The molecule has 1 heterocycles. The monoisotopic (exact) mass is 368 g/mol. The van der Waals surface area contributed by atoms with Crippen molar-refractivity contribution in [3.05, 3.63) is 53.6 Å². The van der Waals surface area contributed by atoms with Gasteiger partial charge in [0.25, 0.3) is 5.91 Å². The van der Waals surface area contributed by atoms with E-state index in [0.717, 1.165) is 11.3 Å². The van der Waals surface area contributed by atoms with Gasteiger partial charge in [-0.25, -0.2) is 0 Å². The number of piperazine rings is 1. The van der Waals surface area contributed by atoms with Gasteiger partial charge in [0.05, 0.1) is 19.8 Å². The van der Waals surface area contributed by atoms with Crippen molar-refractivity contribution >= 4 is 17.5 Å². The van der Waals surface area contributed by atoms with E-state index < -0.39 is 0 Å². The summed E-state index contributed by atoms with van der Waals surface area (Å²) in [7, 11) is 3.07. The third-order valence-corrected chi connectivity index (χ3v) is 4.83. The summed E-state index contributed by atoms with van der Waals surface area (Å²) in [6.07, 6.45) is 0. The summed E-state index contributed by atoms with van der Waals surface area (Å²) >= 11 is 0. The number of methoxy groups -OCH3 is 2. The SMILES string of the molecule is COc1ccc(C(=O)N2CC(=O)N(c3ccc(C)cc3)C[C@@H]2C)c(OC)c1. The Kier molecular flexibility index (Phi) is 5.35. The van der Waals surface area contributed by atoms with E-state index in [1.165, 1.54) is 7.11 Å². The van der Waals surface area contributed by atoms with E-state index in [2.05, 4.69) is 0 Å². The van der Waals surface area contributed by atoms with Crippen LogP contribution in [0.3, 0.4) is 0 Å². The van der Waals surface area contributed by atoms with Crippen molar-refractivity contribution in [1.82, 2.24) is 4.90 Å². The molecule has 1 atom stereocenters. The molecular formula is C21H24N2O4. The second-order valence-electron chi connectivity index (χ2n) is 6.69. The highest BCUT2D eigenvalue weighted by molar-refractivity contribution is 6.03. The third-order valence-electron chi connectivity index (χ3n) is 4.83. The Morgan fingerprint density at radius 2 is 1.78 bits per heavy atom. The van der Waals surface area contributed by atoms with Crippen LogP contribution in [0.25, 0.3) is 0 Å². The summed E-state index contributed by atoms with van der Waals surface area (Å²) in [5.41, 5.74) is 2.41. The van der Waals surface area contributed by atoms with Gasteiger partial charge in [0.15, 0.2) is 0 Å². The van der Waals surface area contributed by atoms with Gasteiger partial charge in [-0.3, -0.25) is 9.59 Å². The molecule has 0 aliphatic carbocycles. The number of amides is 2. The lowest BCUT2D eigenvalue weighted by atomic mass is 10.1. The van der Waals surface area contributed by atoms with Gasteiger partial charge in [-0.05, 0) is 38.1 Å². The molecule has 142 valence electrons. The zero-order valence-electron chi connectivity index (χ0n) is 16.1. The normalized spacial score (nSPS) is 17.0. The largest absolute Gasteiger partial charge is 0.497 e. The topological polar surface area (TPSA) is 59.1 Å². The van der Waals surface area contributed by atoms with E-state index in [9.17, 15) is 9.59 Å². The third kappa shape index (κ3) is 3.74. The van der Waals surface area contributed by atoms with Crippen molar-refractivity contribution in [3.8, 4) is 11.5 Å². The lowest BCUT2D eigenvalue weighted by molar-refractivity contribution is -0.121. The molecule has 1 aliphatic heterocycles. The molecule has 2 aromatic carbocycles. The highest BCUT2D eigenvalue weighted by Gasteiger charge is 2.34. The fraction of sp³-hybridized carbons (Fsp3) is 0.333. The minimum absolute atomic E-state index is 0.0308. The van der Waals surface area contributed by atoms with E-state index >= 15 is 0 Å². The summed E-state index contributed by atoms with van der Waals surface area (Å²) in [5, 5.41) is 0. The number of benzene rings is 2. The smallest absolute Gasteiger partial charge is 0.258 e. The van der Waals surface area contributed by atoms with Crippen LogP contribution in [0.15, 0.2) is 42.5 Å². The summed E-state index contributed by atoms with van der Waals surface area (Å²) in [4.78, 5) is 29.1. The van der Waals surface area contributed by atoms with Crippen LogP contribution in [0, 0.1) is 6.92 Å². The zero-order valence-corrected chi connectivity index (χ0v) is 16.1. The number of hydrogen-bond acceptors (Lipinski definition) is 4. The van der Waals surface area contributed by atoms with Gasteiger partial charge in [0, 0.05) is 24.3 Å². The van der Waals surface area contributed by atoms with Crippen LogP contribution in [-0.2, 0) is 4.79 Å². The van der Waals surface area contributed by atoms with Gasteiger partial charge in [0.2, 0.25) is 5.91 Å². The Bertz CT molecular complexity index is 848. The zero-order chi connectivity index (χ0) is 19.6. The first kappa shape index (κ1) is 18.8. The Morgan fingerprint density at radius 3 is 2.41 bits per heavy atom. The van der Waals surface area contributed by atoms with Crippen molar-refractivity contribution < 1.29 is 19.1 Å². The van der Waals surface area contributed by atoms with Gasteiger partial charge in [-0.15, -0.1) is 0 Å². The molecule has 0 spiro atoms. The van der Waals surface area contributed by atoms with Crippen LogP contribution in [-0.4, -0.2) is 50.1 Å². The predicted molar refractivity (Wildman–Crippen MR) is 104 cm³/mol. The molecule has 27 heavy (non-hydrogen) atoms. The number of hydrogen-bond donors (Lipinski definition) is 0. The number of carbonyl (C=O) groups excluding carboxylic acids is 2. The molecule has 1 saturated heterocycles. The highest BCUT2D eigenvalue weighted by Crippen LogP contribution is 2.28. The Labute approximate surface area is 159 Å². The van der Waals surface area contributed by atoms with Gasteiger partial charge in [-0.1, -0.05) is 17.7 Å². The summed E-state index contributed by atoms with van der Waals surface area (Å²) in [5.74, 6) is 0.716. The average molecular weight is 368 g/mol. The molecule has 0 N–H and O–H groups in total. The van der Waals surface area contributed by atoms with Gasteiger partial charge in [-0.2, -0.15) is 0 Å². The Hall–Kier alpha value is -3.02. The highest BCUT2D eigenvalue weighted by atomic mass is 16.5. The van der Waals surface area contributed by atoms with Gasteiger partial charge >= 0.3 is 0 Å². The van der Waals surface area contributed by atoms with E-state index in [1.807, 2.05) is 38.1 Å². The first-order chi connectivity index (χ1) is 12.9. The van der Waals surface area contributed by atoms with Crippen LogP contribution in [0.1, 0.15) is 22.8 Å². The fourth-order valence-corrected chi connectivity index (χ4v) is 3.23. The van der Waals surface area contributed by atoms with Crippen molar-refractivity contribution in [3.63, 3.8) is 0 Å². The number of ether oxygens (including phenoxy) is 2. The van der Waals surface area contributed by atoms with E-state index in [1.54, 1.807) is 35.1 Å². The maximum Gasteiger partial charge on any atom is 0.258 e. The van der Waals surface area contributed by atoms with E-state index in [-0.39, 0.29) is 24.4 Å². The summed E-state index contributed by atoms with van der Waals surface area (Å²) in [6.45, 7) is 4.43. The van der Waals surface area contributed by atoms with Crippen molar-refractivity contribution in [1.29, 1.82) is 0 Å². The first-order valence-electron chi connectivity index (χ1n) is 8.84. The molecule has 0 radical (unpaired) electrons. The molecule has 3 rings (SSSR count). The quantitative estimate of drug-likeness (QED) is 0.833. The van der Waals surface area contributed by atoms with Crippen LogP contribution in [0.5, 0.6) is 11.5 Å². The Morgan fingerprint density at radius 1 is 1.07 bits per heavy atom. The van der Waals surface area contributed by atoms with Crippen LogP contribution in [0.2, 0.25) is 0 Å². The molecule has 0 aromatic heterocycles. The molecule has 2 aromatic rings. The molecule has 1 fully saturated rings. The molecular weight excluding hydrogens is 344 g/mol. The minimum atomic E-state index is -0.223. The molecule has 6 nitrogen and oxygen atoms in total. The van der Waals surface area contributed by atoms with Crippen molar-refractivity contribution in [2.45, 2.75) is 19.9 Å². The number of rotatable bonds is 4. The second kappa shape index (κ2) is 7.70. The minimum Gasteiger partial charge on any atom is -0.497 e. The molecule has 0 unspecified atom stereocenters. The van der Waals surface area contributed by atoms with Crippen molar-refractivity contribution in [2.24, 2.45) is 0 Å². The number of aryl methyl sites for hydroxylation is 1. The predicted octanol–water partition coefficient (Wildman–Crippen LogP) is 2.89. The summed E-state index contributed by atoms with van der Waals surface area (Å²) in [6, 6.07) is 12.8. The van der Waals surface area contributed by atoms with Crippen LogP contribution < -0.4 is 14.4 Å². The molecule has 0 bridgehead atoms. The second-order valence-corrected chi connectivity index (χ2v) is 6.69. The van der Waals surface area contributed by atoms with E-state index in [0.29, 0.717) is 23.6 Å². The number of carbonyl (C=O) groups is 2. The van der Waals surface area contributed by atoms with E-state index in [4.69, 9.17) is 9.47 Å². The Balaban J connectivity index is 1.82. The average Bonchev–Trinajstić information content (AvgIpc) is 2.69. The van der Waals surface area contributed by atoms with Gasteiger partial charge < -0.3 is 19.3 Å². The van der Waals surface area contributed by atoms with Crippen LogP contribution in [0.4, 0.5) is 5.69 Å². The fourth-order valence-electron chi connectivity index (χ4n) is 3.23.